The number of nitrogens with one attached hydrogen (secondary N) is 1. The molecule has 1 aliphatic heterocycles. The molecule has 0 aliphatic carbocycles. The van der Waals surface area contributed by atoms with E-state index in [1.165, 1.54) is 6.42 Å². The van der Waals surface area contributed by atoms with Gasteiger partial charge in [-0.1, -0.05) is 20.8 Å². The largest absolute Gasteiger partial charge is 0.354 e. The smallest absolute Gasteiger partial charge is 0.243 e. The third kappa shape index (κ3) is 5.71. The second-order valence-electron chi connectivity index (χ2n) is 7.50. The highest BCUT2D eigenvalue weighted by Crippen LogP contribution is 2.20. The third-order valence-corrected chi connectivity index (χ3v) is 4.68. The Balaban J connectivity index is 2.02. The number of amides is 1. The van der Waals surface area contributed by atoms with Crippen LogP contribution >= 0.6 is 0 Å². The molecule has 1 aliphatic rings. The zero-order valence-electron chi connectivity index (χ0n) is 16.8. The van der Waals surface area contributed by atoms with Gasteiger partial charge in [0, 0.05) is 46.7 Å². The minimum Gasteiger partial charge on any atom is -0.354 e. The predicted molar refractivity (Wildman–Crippen MR) is 103 cm³/mol. The molecule has 8 nitrogen and oxygen atoms in total. The molecule has 1 aromatic heterocycles. The van der Waals surface area contributed by atoms with E-state index in [1.54, 1.807) is 25.3 Å². The van der Waals surface area contributed by atoms with Crippen molar-refractivity contribution in [3.8, 4) is 0 Å². The molecule has 1 fully saturated rings. The van der Waals surface area contributed by atoms with Crippen molar-refractivity contribution in [2.24, 2.45) is 16.8 Å². The van der Waals surface area contributed by atoms with E-state index < -0.39 is 0 Å². The summed E-state index contributed by atoms with van der Waals surface area (Å²) in [5.74, 6) is 3.06. The Morgan fingerprint density at radius 3 is 2.65 bits per heavy atom. The zero-order chi connectivity index (χ0) is 19.1. The maximum Gasteiger partial charge on any atom is 0.243 e. The average molecular weight is 364 g/mol. The van der Waals surface area contributed by atoms with Crippen molar-refractivity contribution in [1.82, 2.24) is 29.9 Å². The molecule has 2 atom stereocenters. The Kier molecular flexibility index (Phi) is 7.41. The second kappa shape index (κ2) is 9.54. The number of guanidine groups is 1. The monoisotopic (exact) mass is 363 g/mol. The number of hydrogen-bond acceptors (Lipinski definition) is 4. The van der Waals surface area contributed by atoms with E-state index in [1.807, 2.05) is 0 Å². The highest BCUT2D eigenvalue weighted by molar-refractivity contribution is 5.84. The number of likely N-dealkylation sites (N-methyl/N-ethyl adjacent to an activating group) is 1. The van der Waals surface area contributed by atoms with Gasteiger partial charge in [-0.25, -0.2) is 4.99 Å². The molecular weight excluding hydrogens is 330 g/mol. The molecule has 8 heteroatoms. The second-order valence-corrected chi connectivity index (χ2v) is 7.50. The highest BCUT2D eigenvalue weighted by atomic mass is 16.2. The molecule has 0 bridgehead atoms. The lowest BCUT2D eigenvalue weighted by Gasteiger charge is -2.37. The van der Waals surface area contributed by atoms with Gasteiger partial charge >= 0.3 is 0 Å². The van der Waals surface area contributed by atoms with Gasteiger partial charge in [0.1, 0.15) is 18.7 Å². The van der Waals surface area contributed by atoms with Crippen LogP contribution in [0.3, 0.4) is 0 Å². The van der Waals surface area contributed by atoms with Crippen LogP contribution < -0.4 is 5.32 Å². The molecule has 2 heterocycles. The number of piperidine rings is 1. The molecule has 2 unspecified atom stereocenters. The minimum atomic E-state index is 0.00878. The number of likely N-dealkylation sites (tertiary alicyclic amines) is 1. The van der Waals surface area contributed by atoms with Crippen molar-refractivity contribution in [3.63, 3.8) is 0 Å². The van der Waals surface area contributed by atoms with Gasteiger partial charge in [0.15, 0.2) is 5.96 Å². The lowest BCUT2D eigenvalue weighted by molar-refractivity contribution is -0.127. The Labute approximate surface area is 156 Å². The summed E-state index contributed by atoms with van der Waals surface area (Å²) in [5.41, 5.74) is 0. The molecular formula is C18H33N7O. The summed E-state index contributed by atoms with van der Waals surface area (Å²) >= 11 is 0. The van der Waals surface area contributed by atoms with Crippen molar-refractivity contribution in [2.75, 3.05) is 40.3 Å². The Hall–Kier alpha value is -2.12. The number of nitrogens with zero attached hydrogens (tertiary/aromatic N) is 6. The van der Waals surface area contributed by atoms with E-state index in [9.17, 15) is 4.79 Å². The number of carbonyl (C=O) groups excluding carboxylic acids is 1. The summed E-state index contributed by atoms with van der Waals surface area (Å²) in [5, 5.41) is 11.5. The van der Waals surface area contributed by atoms with Crippen LogP contribution in [0.2, 0.25) is 0 Å². The van der Waals surface area contributed by atoms with Crippen LogP contribution in [0.15, 0.2) is 11.3 Å². The van der Waals surface area contributed by atoms with Gasteiger partial charge < -0.3 is 19.7 Å². The fourth-order valence-corrected chi connectivity index (χ4v) is 3.42. The standard InChI is InChI=1S/C18H33N7O/c1-6-16-22-21-13-24(16)8-7-19-18(20-10-17(26)23(4)5)25-11-14(2)9-15(3)12-25/h13-15H,6-12H2,1-5H3,(H,19,20). The summed E-state index contributed by atoms with van der Waals surface area (Å²) in [7, 11) is 3.52. The van der Waals surface area contributed by atoms with Crippen molar-refractivity contribution in [3.05, 3.63) is 12.2 Å². The fraction of sp³-hybridized carbons (Fsp3) is 0.778. The quantitative estimate of drug-likeness (QED) is 0.599. The zero-order valence-corrected chi connectivity index (χ0v) is 16.8. The van der Waals surface area contributed by atoms with Gasteiger partial charge in [-0.2, -0.15) is 0 Å². The van der Waals surface area contributed by atoms with Crippen molar-refractivity contribution < 1.29 is 4.79 Å². The first-order valence-corrected chi connectivity index (χ1v) is 9.50. The average Bonchev–Trinajstić information content (AvgIpc) is 3.04. The fourth-order valence-electron chi connectivity index (χ4n) is 3.42. The normalized spacial score (nSPS) is 21.0. The van der Waals surface area contributed by atoms with Crippen LogP contribution in [0.5, 0.6) is 0 Å². The van der Waals surface area contributed by atoms with Crippen LogP contribution in [-0.2, 0) is 17.8 Å². The molecule has 0 saturated carbocycles. The molecule has 2 rings (SSSR count). The minimum absolute atomic E-state index is 0.00878. The van der Waals surface area contributed by atoms with E-state index in [2.05, 4.69) is 50.7 Å². The van der Waals surface area contributed by atoms with Crippen LogP contribution in [0.1, 0.15) is 33.0 Å². The summed E-state index contributed by atoms with van der Waals surface area (Å²) in [4.78, 5) is 20.4. The summed E-state index contributed by atoms with van der Waals surface area (Å²) < 4.78 is 2.05. The van der Waals surface area contributed by atoms with Gasteiger partial charge in [0.2, 0.25) is 5.91 Å². The lowest BCUT2D eigenvalue weighted by atomic mass is 9.92. The lowest BCUT2D eigenvalue weighted by Crippen LogP contribution is -2.49. The van der Waals surface area contributed by atoms with E-state index >= 15 is 0 Å². The first-order chi connectivity index (χ1) is 12.4. The van der Waals surface area contributed by atoms with Crippen LogP contribution in [-0.4, -0.2) is 76.7 Å². The third-order valence-electron chi connectivity index (χ3n) is 4.68. The van der Waals surface area contributed by atoms with Crippen molar-refractivity contribution in [2.45, 2.75) is 40.2 Å². The Bertz CT molecular complexity index is 600. The molecule has 0 radical (unpaired) electrons. The maximum atomic E-state index is 12.0. The molecule has 1 amide bonds. The maximum absolute atomic E-state index is 12.0. The van der Waals surface area contributed by atoms with Gasteiger partial charge in [-0.15, -0.1) is 10.2 Å². The topological polar surface area (TPSA) is 78.6 Å². The summed E-state index contributed by atoms with van der Waals surface area (Å²) in [6, 6.07) is 0. The number of aromatic nitrogens is 3. The summed E-state index contributed by atoms with van der Waals surface area (Å²) in [6.07, 6.45) is 3.86. The van der Waals surface area contributed by atoms with Crippen molar-refractivity contribution >= 4 is 11.9 Å². The number of aryl methyl sites for hydroxylation is 1. The predicted octanol–water partition coefficient (Wildman–Crippen LogP) is 0.852. The molecule has 0 aromatic carbocycles. The number of carbonyl (C=O) groups is 1. The van der Waals surface area contributed by atoms with Crippen molar-refractivity contribution in [1.29, 1.82) is 0 Å². The van der Waals surface area contributed by atoms with Gasteiger partial charge in [-0.3, -0.25) is 4.79 Å². The molecule has 1 aromatic rings. The SMILES string of the molecule is CCc1nncn1CCNC(=NCC(=O)N(C)C)N1CC(C)CC(C)C1. The Morgan fingerprint density at radius 1 is 1.35 bits per heavy atom. The molecule has 146 valence electrons. The highest BCUT2D eigenvalue weighted by Gasteiger charge is 2.24. The van der Waals surface area contributed by atoms with Gasteiger partial charge in [0.25, 0.3) is 0 Å². The van der Waals surface area contributed by atoms with E-state index in [0.717, 1.165) is 44.4 Å². The van der Waals surface area contributed by atoms with E-state index in [4.69, 9.17) is 0 Å². The first kappa shape index (κ1) is 20.2. The Morgan fingerprint density at radius 2 is 2.04 bits per heavy atom. The first-order valence-electron chi connectivity index (χ1n) is 9.50. The molecule has 0 spiro atoms. The molecule has 26 heavy (non-hydrogen) atoms. The van der Waals surface area contributed by atoms with E-state index in [-0.39, 0.29) is 12.5 Å². The van der Waals surface area contributed by atoms with Gasteiger partial charge in [-0.05, 0) is 18.3 Å². The van der Waals surface area contributed by atoms with Crippen LogP contribution in [0.4, 0.5) is 0 Å². The molecule has 1 saturated heterocycles. The summed E-state index contributed by atoms with van der Waals surface area (Å²) in [6.45, 7) is 10.2. The van der Waals surface area contributed by atoms with Gasteiger partial charge in [0.05, 0.1) is 0 Å². The van der Waals surface area contributed by atoms with Crippen LogP contribution in [0.25, 0.3) is 0 Å². The van der Waals surface area contributed by atoms with Crippen LogP contribution in [0, 0.1) is 11.8 Å². The van der Waals surface area contributed by atoms with E-state index in [0.29, 0.717) is 11.8 Å². The number of aliphatic imine (C=N–C) groups is 1. The number of hydrogen-bond donors (Lipinski definition) is 1. The number of rotatable bonds is 6. The molecule has 1 N–H and O–H groups in total.